The van der Waals surface area contributed by atoms with E-state index in [0.29, 0.717) is 5.56 Å². The van der Waals surface area contributed by atoms with Crippen molar-refractivity contribution in [3.8, 4) is 0 Å². The van der Waals surface area contributed by atoms with Gasteiger partial charge < -0.3 is 0 Å². The fraction of sp³-hybridized carbons (Fsp3) is 0.348. The summed E-state index contributed by atoms with van der Waals surface area (Å²) < 4.78 is 16.6. The van der Waals surface area contributed by atoms with E-state index in [9.17, 15) is 4.39 Å². The molecular formula is C23H25FN2. The Morgan fingerprint density at radius 1 is 1.00 bits per heavy atom. The minimum absolute atomic E-state index is 0.153. The van der Waals surface area contributed by atoms with Crippen LogP contribution in [0.15, 0.2) is 30.3 Å². The zero-order valence-corrected chi connectivity index (χ0v) is 16.0. The third-order valence-corrected chi connectivity index (χ3v) is 5.62. The first-order valence-electron chi connectivity index (χ1n) is 9.52. The molecule has 0 aliphatic rings. The number of halogens is 1. The van der Waals surface area contributed by atoms with Gasteiger partial charge in [-0.05, 0) is 69.0 Å². The first-order valence-corrected chi connectivity index (χ1v) is 9.52. The highest BCUT2D eigenvalue weighted by atomic mass is 19.1. The van der Waals surface area contributed by atoms with Crippen molar-refractivity contribution in [2.45, 2.75) is 53.4 Å². The molecule has 0 fully saturated rings. The van der Waals surface area contributed by atoms with Crippen molar-refractivity contribution in [2.24, 2.45) is 0 Å². The number of aromatic nitrogens is 2. The van der Waals surface area contributed by atoms with Crippen LogP contribution in [0.2, 0.25) is 0 Å². The van der Waals surface area contributed by atoms with Gasteiger partial charge >= 0.3 is 0 Å². The predicted octanol–water partition coefficient (Wildman–Crippen LogP) is 6.44. The SMILES string of the molecule is CCCCCc1ccc2c(c1)c1c(C)c(F)ccc1c1nc(C)c(C)n21. The van der Waals surface area contributed by atoms with Crippen LogP contribution in [0.25, 0.3) is 27.3 Å². The van der Waals surface area contributed by atoms with Crippen molar-refractivity contribution >= 4 is 27.3 Å². The normalized spacial score (nSPS) is 11.9. The lowest BCUT2D eigenvalue weighted by atomic mass is 9.98. The summed E-state index contributed by atoms with van der Waals surface area (Å²) in [5, 5.41) is 3.15. The van der Waals surface area contributed by atoms with Crippen molar-refractivity contribution in [3.05, 3.63) is 58.7 Å². The maximum absolute atomic E-state index is 14.4. The summed E-state index contributed by atoms with van der Waals surface area (Å²) in [5.41, 5.74) is 6.23. The molecule has 2 aromatic carbocycles. The highest BCUT2D eigenvalue weighted by Gasteiger charge is 2.16. The lowest BCUT2D eigenvalue weighted by Gasteiger charge is -2.13. The molecule has 0 amide bonds. The Kier molecular flexibility index (Phi) is 4.18. The van der Waals surface area contributed by atoms with Crippen molar-refractivity contribution in [2.75, 3.05) is 0 Å². The van der Waals surface area contributed by atoms with Crippen LogP contribution in [0, 0.1) is 26.6 Å². The Bertz CT molecular complexity index is 1140. The zero-order valence-electron chi connectivity index (χ0n) is 16.0. The molecule has 0 aliphatic heterocycles. The molecule has 2 nitrogen and oxygen atoms in total. The molecule has 2 aromatic heterocycles. The van der Waals surface area contributed by atoms with E-state index in [4.69, 9.17) is 4.98 Å². The third kappa shape index (κ3) is 2.49. The van der Waals surface area contributed by atoms with Crippen molar-refractivity contribution < 1.29 is 4.39 Å². The fourth-order valence-corrected chi connectivity index (χ4v) is 4.02. The Morgan fingerprint density at radius 2 is 1.81 bits per heavy atom. The highest BCUT2D eigenvalue weighted by Crippen LogP contribution is 2.34. The van der Waals surface area contributed by atoms with Gasteiger partial charge in [0.05, 0.1) is 11.2 Å². The summed E-state index contributed by atoms with van der Waals surface area (Å²) in [5.74, 6) is -0.153. The van der Waals surface area contributed by atoms with E-state index in [2.05, 4.69) is 36.4 Å². The second kappa shape index (κ2) is 6.39. The number of fused-ring (bicyclic) bond motifs is 6. The zero-order chi connectivity index (χ0) is 18.4. The quantitative estimate of drug-likeness (QED) is 0.306. The van der Waals surface area contributed by atoms with Crippen molar-refractivity contribution in [1.82, 2.24) is 9.38 Å². The van der Waals surface area contributed by atoms with Crippen LogP contribution in [-0.2, 0) is 6.42 Å². The molecule has 0 spiro atoms. The van der Waals surface area contributed by atoms with Gasteiger partial charge in [0, 0.05) is 21.9 Å². The average Bonchev–Trinajstić information content (AvgIpc) is 2.93. The largest absolute Gasteiger partial charge is 0.296 e. The summed E-state index contributed by atoms with van der Waals surface area (Å²) in [6, 6.07) is 10.1. The molecule has 0 N–H and O–H groups in total. The number of rotatable bonds is 4. The standard InChI is InChI=1S/C23H25FN2/c1-5-6-7-8-17-9-12-21-19(13-17)22-14(2)20(24)11-10-18(22)23-25-15(3)16(4)26(21)23/h9-13H,5-8H2,1-4H3. The molecule has 0 saturated heterocycles. The Balaban J connectivity index is 2.12. The molecule has 4 aromatic rings. The topological polar surface area (TPSA) is 17.3 Å². The Labute approximate surface area is 153 Å². The highest BCUT2D eigenvalue weighted by molar-refractivity contribution is 6.13. The van der Waals surface area contributed by atoms with Crippen LogP contribution in [-0.4, -0.2) is 9.38 Å². The van der Waals surface area contributed by atoms with Gasteiger partial charge in [-0.25, -0.2) is 9.37 Å². The third-order valence-electron chi connectivity index (χ3n) is 5.62. The van der Waals surface area contributed by atoms with E-state index in [0.717, 1.165) is 45.1 Å². The molecule has 0 aliphatic carbocycles. The summed E-state index contributed by atoms with van der Waals surface area (Å²) in [7, 11) is 0. The summed E-state index contributed by atoms with van der Waals surface area (Å²) >= 11 is 0. The number of imidazole rings is 1. The van der Waals surface area contributed by atoms with Gasteiger partial charge in [0.25, 0.3) is 0 Å². The number of unbranched alkanes of at least 4 members (excludes halogenated alkanes) is 2. The average molecular weight is 348 g/mol. The molecule has 26 heavy (non-hydrogen) atoms. The van der Waals surface area contributed by atoms with E-state index in [-0.39, 0.29) is 5.82 Å². The van der Waals surface area contributed by atoms with E-state index in [1.807, 2.05) is 19.9 Å². The Morgan fingerprint density at radius 3 is 2.58 bits per heavy atom. The second-order valence-corrected chi connectivity index (χ2v) is 7.35. The monoisotopic (exact) mass is 348 g/mol. The number of aryl methyl sites for hydroxylation is 4. The molecule has 2 heterocycles. The molecule has 0 saturated carbocycles. The molecule has 0 atom stereocenters. The first-order chi connectivity index (χ1) is 12.5. The van der Waals surface area contributed by atoms with Gasteiger partial charge in [0.15, 0.2) is 0 Å². The molecule has 4 rings (SSSR count). The van der Waals surface area contributed by atoms with E-state index in [1.54, 1.807) is 6.07 Å². The Hall–Kier alpha value is -2.42. The number of hydrogen-bond donors (Lipinski definition) is 0. The smallest absolute Gasteiger partial charge is 0.145 e. The maximum Gasteiger partial charge on any atom is 0.145 e. The molecule has 3 heteroatoms. The van der Waals surface area contributed by atoms with Crippen LogP contribution < -0.4 is 0 Å². The van der Waals surface area contributed by atoms with Gasteiger partial charge in [-0.2, -0.15) is 0 Å². The van der Waals surface area contributed by atoms with Crippen LogP contribution >= 0.6 is 0 Å². The number of nitrogens with zero attached hydrogens (tertiary/aromatic N) is 2. The molecule has 0 radical (unpaired) electrons. The molecule has 0 unspecified atom stereocenters. The first kappa shape index (κ1) is 17.0. The van der Waals surface area contributed by atoms with Gasteiger partial charge in [0.1, 0.15) is 11.5 Å². The molecular weight excluding hydrogens is 323 g/mol. The summed E-state index contributed by atoms with van der Waals surface area (Å²) in [6.45, 7) is 8.24. The van der Waals surface area contributed by atoms with Crippen LogP contribution in [0.3, 0.4) is 0 Å². The number of benzene rings is 2. The van der Waals surface area contributed by atoms with Crippen LogP contribution in [0.5, 0.6) is 0 Å². The van der Waals surface area contributed by atoms with Crippen molar-refractivity contribution in [3.63, 3.8) is 0 Å². The summed E-state index contributed by atoms with van der Waals surface area (Å²) in [6.07, 6.45) is 4.72. The van der Waals surface area contributed by atoms with Gasteiger partial charge in [-0.1, -0.05) is 25.8 Å². The summed E-state index contributed by atoms with van der Waals surface area (Å²) in [4.78, 5) is 4.79. The number of hydrogen-bond acceptors (Lipinski definition) is 1. The number of pyridine rings is 1. The van der Waals surface area contributed by atoms with E-state index < -0.39 is 0 Å². The van der Waals surface area contributed by atoms with Crippen LogP contribution in [0.4, 0.5) is 4.39 Å². The maximum atomic E-state index is 14.4. The van der Waals surface area contributed by atoms with Crippen molar-refractivity contribution in [1.29, 1.82) is 0 Å². The molecule has 134 valence electrons. The predicted molar refractivity (Wildman–Crippen MR) is 108 cm³/mol. The minimum atomic E-state index is -0.153. The van der Waals surface area contributed by atoms with Gasteiger partial charge in [0.2, 0.25) is 0 Å². The van der Waals surface area contributed by atoms with Gasteiger partial charge in [-0.3, -0.25) is 4.40 Å². The van der Waals surface area contributed by atoms with E-state index >= 15 is 0 Å². The van der Waals surface area contributed by atoms with E-state index in [1.165, 1.54) is 24.8 Å². The lowest BCUT2D eigenvalue weighted by Crippen LogP contribution is -1.97. The lowest BCUT2D eigenvalue weighted by molar-refractivity contribution is 0.621. The van der Waals surface area contributed by atoms with Crippen LogP contribution in [0.1, 0.15) is 48.7 Å². The van der Waals surface area contributed by atoms with Gasteiger partial charge in [-0.15, -0.1) is 0 Å². The molecule has 0 bridgehead atoms. The fourth-order valence-electron chi connectivity index (χ4n) is 4.02. The second-order valence-electron chi connectivity index (χ2n) is 7.35. The minimum Gasteiger partial charge on any atom is -0.296 e.